The molecular formula is C21H22BrN3O3. The average Bonchev–Trinajstić information content (AvgIpc) is 2.85. The number of nitrogens with one attached hydrogen (secondary N) is 1. The molecule has 6 nitrogen and oxygen atoms in total. The van der Waals surface area contributed by atoms with Crippen LogP contribution in [0.25, 0.3) is 0 Å². The van der Waals surface area contributed by atoms with Gasteiger partial charge in [0.2, 0.25) is 11.8 Å². The van der Waals surface area contributed by atoms with Gasteiger partial charge in [-0.05, 0) is 23.8 Å². The van der Waals surface area contributed by atoms with Crippen molar-refractivity contribution in [1.82, 2.24) is 9.80 Å². The molecule has 4 rings (SSSR count). The van der Waals surface area contributed by atoms with Crippen molar-refractivity contribution in [3.63, 3.8) is 0 Å². The molecule has 28 heavy (non-hydrogen) atoms. The summed E-state index contributed by atoms with van der Waals surface area (Å²) in [5, 5.41) is 2.95. The summed E-state index contributed by atoms with van der Waals surface area (Å²) >= 11 is 3.53. The normalized spacial score (nSPS) is 20.2. The number of amides is 2. The second kappa shape index (κ2) is 8.43. The van der Waals surface area contributed by atoms with E-state index in [-0.39, 0.29) is 30.9 Å². The van der Waals surface area contributed by atoms with Crippen LogP contribution in [0.2, 0.25) is 0 Å². The highest BCUT2D eigenvalue weighted by Gasteiger charge is 2.34. The van der Waals surface area contributed by atoms with Crippen LogP contribution in [0, 0.1) is 0 Å². The summed E-state index contributed by atoms with van der Waals surface area (Å²) in [6, 6.07) is 15.3. The summed E-state index contributed by atoms with van der Waals surface area (Å²) in [5.74, 6) is -0.240. The zero-order valence-electron chi connectivity index (χ0n) is 15.4. The van der Waals surface area contributed by atoms with Crippen LogP contribution in [0.5, 0.6) is 0 Å². The van der Waals surface area contributed by atoms with Crippen LogP contribution in [0.15, 0.2) is 53.0 Å². The van der Waals surface area contributed by atoms with E-state index < -0.39 is 0 Å². The predicted molar refractivity (Wildman–Crippen MR) is 110 cm³/mol. The molecule has 0 aromatic heterocycles. The Labute approximate surface area is 172 Å². The first-order valence-electron chi connectivity index (χ1n) is 9.35. The molecule has 0 radical (unpaired) electrons. The topological polar surface area (TPSA) is 61.9 Å². The van der Waals surface area contributed by atoms with E-state index in [9.17, 15) is 9.59 Å². The minimum atomic E-state index is -0.332. The number of nitrogens with zero attached hydrogens (tertiary/aromatic N) is 2. The van der Waals surface area contributed by atoms with Gasteiger partial charge < -0.3 is 15.0 Å². The molecule has 2 aliphatic heterocycles. The number of fused-ring (bicyclic) bond motifs is 1. The SMILES string of the molecule is O=C1CN(C(=O)CN2CCOCC2)[C@@H](c2ccccc2)c2cc(Br)ccc2N1. The smallest absolute Gasteiger partial charge is 0.244 e. The highest BCUT2D eigenvalue weighted by atomic mass is 79.9. The van der Waals surface area contributed by atoms with E-state index in [1.165, 1.54) is 0 Å². The quantitative estimate of drug-likeness (QED) is 0.791. The van der Waals surface area contributed by atoms with Crippen LogP contribution in [0.4, 0.5) is 5.69 Å². The number of rotatable bonds is 3. The summed E-state index contributed by atoms with van der Waals surface area (Å²) in [4.78, 5) is 29.6. The molecule has 0 unspecified atom stereocenters. The van der Waals surface area contributed by atoms with Gasteiger partial charge in [-0.1, -0.05) is 46.3 Å². The molecule has 1 atom stereocenters. The Bertz CT molecular complexity index is 868. The zero-order valence-corrected chi connectivity index (χ0v) is 17.0. The van der Waals surface area contributed by atoms with E-state index in [4.69, 9.17) is 4.74 Å². The Balaban J connectivity index is 1.73. The Hall–Kier alpha value is -2.22. The van der Waals surface area contributed by atoms with Gasteiger partial charge in [-0.25, -0.2) is 0 Å². The summed E-state index contributed by atoms with van der Waals surface area (Å²) in [7, 11) is 0. The average molecular weight is 444 g/mol. The van der Waals surface area contributed by atoms with Crippen LogP contribution in [-0.4, -0.2) is 61.0 Å². The Kier molecular flexibility index (Phi) is 5.75. The highest BCUT2D eigenvalue weighted by Crippen LogP contribution is 2.37. The summed E-state index contributed by atoms with van der Waals surface area (Å²) in [6.45, 7) is 3.02. The third-order valence-corrected chi connectivity index (χ3v) is 5.60. The maximum atomic E-state index is 13.3. The van der Waals surface area contributed by atoms with Gasteiger partial charge in [0, 0.05) is 28.8 Å². The first-order valence-corrected chi connectivity index (χ1v) is 10.1. The molecule has 7 heteroatoms. The molecule has 2 aromatic rings. The van der Waals surface area contributed by atoms with Crippen LogP contribution in [0.3, 0.4) is 0 Å². The lowest BCUT2D eigenvalue weighted by atomic mass is 9.96. The molecule has 0 aliphatic carbocycles. The number of carbonyl (C=O) groups is 2. The Morgan fingerprint density at radius 2 is 1.89 bits per heavy atom. The van der Waals surface area contributed by atoms with Gasteiger partial charge in [-0.3, -0.25) is 14.5 Å². The van der Waals surface area contributed by atoms with Gasteiger partial charge in [-0.2, -0.15) is 0 Å². The minimum Gasteiger partial charge on any atom is -0.379 e. The summed E-state index contributed by atoms with van der Waals surface area (Å²) < 4.78 is 6.28. The number of halogens is 1. The molecular weight excluding hydrogens is 422 g/mol. The molecule has 1 fully saturated rings. The van der Waals surface area contributed by atoms with E-state index in [0.29, 0.717) is 13.2 Å². The fourth-order valence-corrected chi connectivity index (χ4v) is 4.12. The number of morpholine rings is 1. The second-order valence-electron chi connectivity index (χ2n) is 7.00. The van der Waals surface area contributed by atoms with Crippen LogP contribution in [-0.2, 0) is 14.3 Å². The fourth-order valence-electron chi connectivity index (χ4n) is 3.75. The van der Waals surface area contributed by atoms with Gasteiger partial charge in [0.15, 0.2) is 0 Å². The van der Waals surface area contributed by atoms with E-state index in [0.717, 1.165) is 34.4 Å². The largest absolute Gasteiger partial charge is 0.379 e. The first kappa shape index (κ1) is 19.1. The monoisotopic (exact) mass is 443 g/mol. The fraction of sp³-hybridized carbons (Fsp3) is 0.333. The van der Waals surface area contributed by atoms with E-state index >= 15 is 0 Å². The van der Waals surface area contributed by atoms with Crippen molar-refractivity contribution in [2.45, 2.75) is 6.04 Å². The number of hydrogen-bond acceptors (Lipinski definition) is 4. The molecule has 2 amide bonds. The molecule has 0 saturated carbocycles. The minimum absolute atomic E-state index is 0.0229. The predicted octanol–water partition coefficient (Wildman–Crippen LogP) is 2.65. The third kappa shape index (κ3) is 4.11. The standard InChI is InChI=1S/C21H22BrN3O3/c22-16-6-7-18-17(12-16)21(15-4-2-1-3-5-15)25(13-19(26)23-18)20(27)14-24-8-10-28-11-9-24/h1-7,12,21H,8-11,13-14H2,(H,23,26)/t21-/m0/s1. The van der Waals surface area contributed by atoms with E-state index in [1.807, 2.05) is 48.5 Å². The molecule has 1 N–H and O–H groups in total. The van der Waals surface area contributed by atoms with Crippen molar-refractivity contribution in [3.8, 4) is 0 Å². The van der Waals surface area contributed by atoms with Crippen molar-refractivity contribution in [2.75, 3.05) is 44.7 Å². The number of benzene rings is 2. The lowest BCUT2D eigenvalue weighted by Gasteiger charge is -2.33. The molecule has 1 saturated heterocycles. The molecule has 0 spiro atoms. The highest BCUT2D eigenvalue weighted by molar-refractivity contribution is 9.10. The lowest BCUT2D eigenvalue weighted by molar-refractivity contribution is -0.138. The number of hydrogen-bond donors (Lipinski definition) is 1. The van der Waals surface area contributed by atoms with Crippen LogP contribution in [0.1, 0.15) is 17.2 Å². The Morgan fingerprint density at radius 3 is 2.64 bits per heavy atom. The third-order valence-electron chi connectivity index (χ3n) is 5.11. The van der Waals surface area contributed by atoms with Crippen molar-refractivity contribution < 1.29 is 14.3 Å². The number of carbonyl (C=O) groups excluding carboxylic acids is 2. The molecule has 2 heterocycles. The van der Waals surface area contributed by atoms with Crippen molar-refractivity contribution in [2.24, 2.45) is 0 Å². The van der Waals surface area contributed by atoms with Crippen LogP contribution < -0.4 is 5.32 Å². The van der Waals surface area contributed by atoms with Crippen molar-refractivity contribution in [1.29, 1.82) is 0 Å². The lowest BCUT2D eigenvalue weighted by Crippen LogP contribution is -2.47. The summed E-state index contributed by atoms with van der Waals surface area (Å²) in [6.07, 6.45) is 0. The van der Waals surface area contributed by atoms with Gasteiger partial charge in [0.25, 0.3) is 0 Å². The van der Waals surface area contributed by atoms with Crippen molar-refractivity contribution >= 4 is 33.4 Å². The Morgan fingerprint density at radius 1 is 1.14 bits per heavy atom. The maximum Gasteiger partial charge on any atom is 0.244 e. The van der Waals surface area contributed by atoms with Gasteiger partial charge in [-0.15, -0.1) is 0 Å². The number of ether oxygens (including phenoxy) is 1. The van der Waals surface area contributed by atoms with Gasteiger partial charge in [0.1, 0.15) is 6.54 Å². The molecule has 2 aromatic carbocycles. The summed E-state index contributed by atoms with van der Waals surface area (Å²) in [5.41, 5.74) is 2.62. The van der Waals surface area contributed by atoms with Gasteiger partial charge in [0.05, 0.1) is 25.8 Å². The van der Waals surface area contributed by atoms with Crippen LogP contribution >= 0.6 is 15.9 Å². The van der Waals surface area contributed by atoms with Gasteiger partial charge >= 0.3 is 0 Å². The van der Waals surface area contributed by atoms with E-state index in [1.54, 1.807) is 4.90 Å². The number of anilines is 1. The molecule has 0 bridgehead atoms. The van der Waals surface area contributed by atoms with E-state index in [2.05, 4.69) is 26.1 Å². The second-order valence-corrected chi connectivity index (χ2v) is 7.92. The molecule has 146 valence electrons. The zero-order chi connectivity index (χ0) is 19.5. The van der Waals surface area contributed by atoms with Crippen molar-refractivity contribution in [3.05, 3.63) is 64.1 Å². The molecule has 2 aliphatic rings. The maximum absolute atomic E-state index is 13.3. The first-order chi connectivity index (χ1) is 13.6.